The lowest BCUT2D eigenvalue weighted by Crippen LogP contribution is -2.10. The third kappa shape index (κ3) is 3.58. The fourth-order valence-electron chi connectivity index (χ4n) is 2.18. The van der Waals surface area contributed by atoms with Gasteiger partial charge in [0.05, 0.1) is 21.3 Å². The number of carbonyl (C=O) groups excluding carboxylic acids is 1. The van der Waals surface area contributed by atoms with Crippen molar-refractivity contribution in [3.05, 3.63) is 23.8 Å². The second kappa shape index (κ2) is 7.17. The van der Waals surface area contributed by atoms with Crippen LogP contribution >= 0.6 is 0 Å². The Labute approximate surface area is 123 Å². The molecule has 1 saturated carbocycles. The lowest BCUT2D eigenvalue weighted by Gasteiger charge is -2.13. The zero-order valence-electron chi connectivity index (χ0n) is 12.4. The summed E-state index contributed by atoms with van der Waals surface area (Å²) in [7, 11) is 4.46. The summed E-state index contributed by atoms with van der Waals surface area (Å²) in [4.78, 5) is 22.1. The van der Waals surface area contributed by atoms with Crippen molar-refractivity contribution in [1.29, 1.82) is 0 Å². The summed E-state index contributed by atoms with van der Waals surface area (Å²) < 4.78 is 15.5. The Morgan fingerprint density at radius 2 is 1.48 bits per heavy atom. The fourth-order valence-corrected chi connectivity index (χ4v) is 2.18. The highest BCUT2D eigenvalue weighted by molar-refractivity contribution is 5.93. The average Bonchev–Trinajstić information content (AvgIpc) is 3.04. The van der Waals surface area contributed by atoms with Gasteiger partial charge in [-0.3, -0.25) is 4.89 Å². The molecule has 0 spiro atoms. The van der Waals surface area contributed by atoms with E-state index in [9.17, 15) is 4.79 Å². The van der Waals surface area contributed by atoms with E-state index in [1.165, 1.54) is 27.4 Å². The van der Waals surface area contributed by atoms with Crippen molar-refractivity contribution in [2.75, 3.05) is 21.3 Å². The molecule has 115 valence electrons. The molecule has 2 rings (SSSR count). The summed E-state index contributed by atoms with van der Waals surface area (Å²) in [5.74, 6) is 0.584. The quantitative estimate of drug-likeness (QED) is 0.594. The van der Waals surface area contributed by atoms with E-state index in [-0.39, 0.29) is 5.56 Å². The normalized spacial score (nSPS) is 14.8. The molecule has 0 bridgehead atoms. The third-order valence-electron chi connectivity index (χ3n) is 3.32. The van der Waals surface area contributed by atoms with Crippen molar-refractivity contribution in [3.8, 4) is 17.2 Å². The van der Waals surface area contributed by atoms with Gasteiger partial charge < -0.3 is 14.2 Å². The van der Waals surface area contributed by atoms with Crippen molar-refractivity contribution in [2.45, 2.75) is 25.7 Å². The SMILES string of the molecule is COc1cc(OC)c(C(=O)OO[C]2CCCC2)cc1OC. The molecule has 6 nitrogen and oxygen atoms in total. The lowest BCUT2D eigenvalue weighted by molar-refractivity contribution is -0.234. The lowest BCUT2D eigenvalue weighted by atomic mass is 10.1. The van der Waals surface area contributed by atoms with Gasteiger partial charge in [0, 0.05) is 12.1 Å². The Morgan fingerprint density at radius 1 is 0.905 bits per heavy atom. The number of hydrogen-bond donors (Lipinski definition) is 0. The molecule has 1 aliphatic rings. The molecule has 0 aromatic heterocycles. The standard InChI is InChI=1S/C15H19O6/c1-17-12-9-14(19-3)13(18-2)8-11(12)15(16)21-20-10-6-4-5-7-10/h8-9H,4-7H2,1-3H3. The first-order valence-corrected chi connectivity index (χ1v) is 6.73. The van der Waals surface area contributed by atoms with Crippen LogP contribution < -0.4 is 14.2 Å². The van der Waals surface area contributed by atoms with Crippen molar-refractivity contribution < 1.29 is 28.8 Å². The summed E-state index contributed by atoms with van der Waals surface area (Å²) in [5, 5.41) is 0. The monoisotopic (exact) mass is 295 g/mol. The van der Waals surface area contributed by atoms with Crippen LogP contribution in [-0.2, 0) is 9.78 Å². The van der Waals surface area contributed by atoms with Crippen LogP contribution in [0.4, 0.5) is 0 Å². The van der Waals surface area contributed by atoms with Gasteiger partial charge in [-0.2, -0.15) is 4.89 Å². The van der Waals surface area contributed by atoms with Gasteiger partial charge in [0.25, 0.3) is 0 Å². The topological polar surface area (TPSA) is 63.2 Å². The van der Waals surface area contributed by atoms with Crippen LogP contribution in [0.25, 0.3) is 0 Å². The summed E-state index contributed by atoms with van der Waals surface area (Å²) >= 11 is 0. The van der Waals surface area contributed by atoms with E-state index in [1.54, 1.807) is 6.07 Å². The molecule has 1 fully saturated rings. The first-order valence-electron chi connectivity index (χ1n) is 6.73. The number of benzene rings is 1. The Kier molecular flexibility index (Phi) is 5.27. The highest BCUT2D eigenvalue weighted by atomic mass is 17.2. The van der Waals surface area contributed by atoms with Crippen LogP contribution in [0.5, 0.6) is 17.2 Å². The Bertz CT molecular complexity index is 493. The minimum absolute atomic E-state index is 0.216. The number of ether oxygens (including phenoxy) is 3. The van der Waals surface area contributed by atoms with E-state index < -0.39 is 5.97 Å². The molecule has 0 saturated heterocycles. The maximum Gasteiger partial charge on any atom is 0.376 e. The highest BCUT2D eigenvalue weighted by Crippen LogP contribution is 2.35. The molecule has 21 heavy (non-hydrogen) atoms. The van der Waals surface area contributed by atoms with Crippen LogP contribution in [0, 0.1) is 6.10 Å². The van der Waals surface area contributed by atoms with E-state index in [0.29, 0.717) is 17.2 Å². The zero-order chi connectivity index (χ0) is 15.2. The van der Waals surface area contributed by atoms with Crippen LogP contribution in [0.2, 0.25) is 0 Å². The first kappa shape index (κ1) is 15.4. The van der Waals surface area contributed by atoms with Gasteiger partial charge in [-0.05, 0) is 12.8 Å². The number of methoxy groups -OCH3 is 3. The van der Waals surface area contributed by atoms with Crippen LogP contribution in [0.15, 0.2) is 12.1 Å². The number of hydrogen-bond acceptors (Lipinski definition) is 6. The Hall–Kier alpha value is -1.95. The van der Waals surface area contributed by atoms with Gasteiger partial charge >= 0.3 is 5.97 Å². The maximum atomic E-state index is 12.1. The summed E-state index contributed by atoms with van der Waals surface area (Å²) in [5.41, 5.74) is 0.216. The molecular formula is C15H19O6. The first-order chi connectivity index (χ1) is 10.2. The van der Waals surface area contributed by atoms with E-state index in [1.807, 2.05) is 0 Å². The molecule has 0 amide bonds. The molecule has 0 atom stereocenters. The van der Waals surface area contributed by atoms with Gasteiger partial charge in [-0.15, -0.1) is 0 Å². The van der Waals surface area contributed by atoms with E-state index in [4.69, 9.17) is 24.0 Å². The van der Waals surface area contributed by atoms with Gasteiger partial charge in [0.1, 0.15) is 17.4 Å². The predicted molar refractivity (Wildman–Crippen MR) is 74.3 cm³/mol. The molecule has 1 aromatic carbocycles. The van der Waals surface area contributed by atoms with Crippen molar-refractivity contribution in [3.63, 3.8) is 0 Å². The van der Waals surface area contributed by atoms with Crippen molar-refractivity contribution in [1.82, 2.24) is 0 Å². The minimum Gasteiger partial charge on any atom is -0.496 e. The molecule has 0 unspecified atom stereocenters. The second-order valence-corrected chi connectivity index (χ2v) is 4.61. The summed E-state index contributed by atoms with van der Waals surface area (Å²) in [6.45, 7) is 0. The largest absolute Gasteiger partial charge is 0.496 e. The fraction of sp³-hybridized carbons (Fsp3) is 0.467. The number of rotatable bonds is 6. The molecule has 6 heteroatoms. The van der Waals surface area contributed by atoms with Gasteiger partial charge in [0.15, 0.2) is 11.5 Å². The second-order valence-electron chi connectivity index (χ2n) is 4.61. The van der Waals surface area contributed by atoms with E-state index in [2.05, 4.69) is 0 Å². The smallest absolute Gasteiger partial charge is 0.376 e. The van der Waals surface area contributed by atoms with Gasteiger partial charge in [0.2, 0.25) is 0 Å². The van der Waals surface area contributed by atoms with Crippen molar-refractivity contribution in [2.24, 2.45) is 0 Å². The third-order valence-corrected chi connectivity index (χ3v) is 3.32. The van der Waals surface area contributed by atoms with Gasteiger partial charge in [-0.1, -0.05) is 12.8 Å². The molecule has 1 radical (unpaired) electrons. The molecule has 0 heterocycles. The molecule has 0 N–H and O–H groups in total. The summed E-state index contributed by atoms with van der Waals surface area (Å²) in [6, 6.07) is 3.07. The van der Waals surface area contributed by atoms with Gasteiger partial charge in [-0.25, -0.2) is 4.79 Å². The summed E-state index contributed by atoms with van der Waals surface area (Å²) in [6.07, 6.45) is 4.58. The van der Waals surface area contributed by atoms with Crippen LogP contribution in [0.3, 0.4) is 0 Å². The van der Waals surface area contributed by atoms with E-state index >= 15 is 0 Å². The molecular weight excluding hydrogens is 276 g/mol. The Balaban J connectivity index is 2.14. The number of carbonyl (C=O) groups is 1. The maximum absolute atomic E-state index is 12.1. The van der Waals surface area contributed by atoms with Crippen LogP contribution in [0.1, 0.15) is 36.0 Å². The average molecular weight is 295 g/mol. The van der Waals surface area contributed by atoms with E-state index in [0.717, 1.165) is 31.8 Å². The molecule has 1 aliphatic carbocycles. The predicted octanol–water partition coefficient (Wildman–Crippen LogP) is 2.91. The highest BCUT2D eigenvalue weighted by Gasteiger charge is 2.23. The molecule has 0 aliphatic heterocycles. The minimum atomic E-state index is -0.632. The molecule has 1 aromatic rings. The van der Waals surface area contributed by atoms with Crippen LogP contribution in [-0.4, -0.2) is 27.3 Å². The van der Waals surface area contributed by atoms with Crippen molar-refractivity contribution >= 4 is 5.97 Å². The zero-order valence-corrected chi connectivity index (χ0v) is 12.4. The Morgan fingerprint density at radius 3 is 2.05 bits per heavy atom.